The van der Waals surface area contributed by atoms with Crippen LogP contribution in [0.4, 0.5) is 0 Å². The van der Waals surface area contributed by atoms with Gasteiger partial charge in [-0.25, -0.2) is 0 Å². The zero-order valence-corrected chi connectivity index (χ0v) is 9.77. The molecule has 5 heteroatoms. The second-order valence-corrected chi connectivity index (χ2v) is 2.83. The molecule has 15 heavy (non-hydrogen) atoms. The number of ketones is 4. The van der Waals surface area contributed by atoms with Gasteiger partial charge in [0.15, 0.2) is 0 Å². The van der Waals surface area contributed by atoms with Gasteiger partial charge in [0.1, 0.15) is 11.6 Å². The number of carbonyl (C=O) groups excluding carboxylic acids is 4. The molecule has 4 nitrogen and oxygen atoms in total. The topological polar surface area (TPSA) is 68.3 Å². The zero-order chi connectivity index (χ0) is 11.7. The predicted octanol–water partition coefficient (Wildman–Crippen LogP) is 0.735. The van der Waals surface area contributed by atoms with Gasteiger partial charge >= 0.3 is 16.5 Å². The standard InChI is InChI=1S/2C5H7O2.Ni/c2*1-4(6)3-5(2)7;/h2*1,3H2,2H3;/q2*-1;+2. The van der Waals surface area contributed by atoms with Gasteiger partial charge in [0, 0.05) is 24.4 Å². The van der Waals surface area contributed by atoms with E-state index in [-0.39, 0.29) is 52.5 Å². The Bertz CT molecular complexity index is 196. The summed E-state index contributed by atoms with van der Waals surface area (Å²) in [5.41, 5.74) is 0. The molecule has 0 amide bonds. The summed E-state index contributed by atoms with van der Waals surface area (Å²) in [6.07, 6.45) is -0.0556. The summed E-state index contributed by atoms with van der Waals surface area (Å²) in [5.74, 6) is -0.875. The van der Waals surface area contributed by atoms with E-state index < -0.39 is 0 Å². The van der Waals surface area contributed by atoms with Crippen LogP contribution >= 0.6 is 0 Å². The van der Waals surface area contributed by atoms with Gasteiger partial charge in [-0.05, 0) is 13.8 Å². The van der Waals surface area contributed by atoms with Gasteiger partial charge in [0.25, 0.3) is 0 Å². The van der Waals surface area contributed by atoms with Crippen LogP contribution in [0.5, 0.6) is 0 Å². The molecule has 0 atom stereocenters. The summed E-state index contributed by atoms with van der Waals surface area (Å²) in [7, 11) is 0. The summed E-state index contributed by atoms with van der Waals surface area (Å²) < 4.78 is 0. The first-order valence-corrected chi connectivity index (χ1v) is 3.94. The monoisotopic (exact) mass is 256 g/mol. The third kappa shape index (κ3) is 32.2. The van der Waals surface area contributed by atoms with E-state index in [0.29, 0.717) is 0 Å². The molecule has 0 aliphatic carbocycles. The van der Waals surface area contributed by atoms with Crippen LogP contribution in [0.3, 0.4) is 0 Å². The zero-order valence-electron chi connectivity index (χ0n) is 8.78. The first kappa shape index (κ1) is 19.5. The van der Waals surface area contributed by atoms with E-state index in [4.69, 9.17) is 0 Å². The number of hydrogen-bond acceptors (Lipinski definition) is 4. The van der Waals surface area contributed by atoms with Gasteiger partial charge in [-0.3, -0.25) is 9.59 Å². The van der Waals surface area contributed by atoms with Gasteiger partial charge in [-0.1, -0.05) is 0 Å². The molecule has 0 radical (unpaired) electrons. The molecule has 0 aliphatic rings. The van der Waals surface area contributed by atoms with E-state index in [1.54, 1.807) is 0 Å². The minimum absolute atomic E-state index is 0. The second kappa shape index (κ2) is 11.0. The first-order valence-electron chi connectivity index (χ1n) is 3.94. The molecule has 0 saturated heterocycles. The predicted molar refractivity (Wildman–Crippen MR) is 51.3 cm³/mol. The van der Waals surface area contributed by atoms with E-state index in [9.17, 15) is 19.2 Å². The number of rotatable bonds is 4. The maximum Gasteiger partial charge on any atom is 2.00 e. The molecule has 0 aromatic rings. The van der Waals surface area contributed by atoms with Crippen LogP contribution in [-0.2, 0) is 35.7 Å². The number of carbonyl (C=O) groups is 4. The first-order chi connectivity index (χ1) is 6.25. The summed E-state index contributed by atoms with van der Waals surface area (Å²) in [5, 5.41) is 0. The fraction of sp³-hybridized carbons (Fsp3) is 0.400. The van der Waals surface area contributed by atoms with Gasteiger partial charge in [-0.2, -0.15) is 0 Å². The molecule has 0 spiro atoms. The largest absolute Gasteiger partial charge is 2.00 e. The molecule has 0 rings (SSSR count). The van der Waals surface area contributed by atoms with Crippen molar-refractivity contribution >= 4 is 23.1 Å². The van der Waals surface area contributed by atoms with Crippen LogP contribution in [0.25, 0.3) is 0 Å². The van der Waals surface area contributed by atoms with E-state index in [1.165, 1.54) is 13.8 Å². The van der Waals surface area contributed by atoms with Crippen molar-refractivity contribution in [3.8, 4) is 0 Å². The number of Topliss-reactive ketones (excluding diaryl/α,β-unsaturated/α-hetero) is 4. The molecule has 0 aromatic heterocycles. The van der Waals surface area contributed by atoms with Crippen molar-refractivity contribution in [2.45, 2.75) is 26.7 Å². The summed E-state index contributed by atoms with van der Waals surface area (Å²) in [6, 6.07) is 0. The molecule has 88 valence electrons. The van der Waals surface area contributed by atoms with Crippen molar-refractivity contribution in [2.75, 3.05) is 0 Å². The molecular formula is C10H14NiO4. The fourth-order valence-electron chi connectivity index (χ4n) is 0.555. The van der Waals surface area contributed by atoms with Crippen molar-refractivity contribution in [3.63, 3.8) is 0 Å². The molecule has 0 heterocycles. The molecule has 0 bridgehead atoms. The molecule has 0 unspecified atom stereocenters. The SMILES string of the molecule is [CH2-]C(=O)CC(C)=O.[CH2-]C(=O)CC(C)=O.[Ni+2]. The number of hydrogen-bond donors (Lipinski definition) is 0. The minimum Gasteiger partial charge on any atom is -0.339 e. The van der Waals surface area contributed by atoms with Crippen molar-refractivity contribution in [2.24, 2.45) is 0 Å². The van der Waals surface area contributed by atoms with Crippen LogP contribution in [-0.4, -0.2) is 23.1 Å². The normalized spacial score (nSPS) is 7.60. The Morgan fingerprint density at radius 2 is 1.00 bits per heavy atom. The minimum atomic E-state index is -0.312. The summed E-state index contributed by atoms with van der Waals surface area (Å²) >= 11 is 0. The van der Waals surface area contributed by atoms with E-state index in [0.717, 1.165) is 0 Å². The molecule has 0 N–H and O–H groups in total. The van der Waals surface area contributed by atoms with Crippen molar-refractivity contribution in [1.82, 2.24) is 0 Å². The van der Waals surface area contributed by atoms with Crippen LogP contribution in [0, 0.1) is 13.8 Å². The smallest absolute Gasteiger partial charge is 0.339 e. The van der Waals surface area contributed by atoms with Crippen molar-refractivity contribution in [1.29, 1.82) is 0 Å². The van der Waals surface area contributed by atoms with E-state index in [1.807, 2.05) is 0 Å². The third-order valence-electron chi connectivity index (χ3n) is 0.892. The van der Waals surface area contributed by atoms with Gasteiger partial charge < -0.3 is 23.4 Å². The Kier molecular flexibility index (Phi) is 14.3. The molecule has 0 saturated carbocycles. The van der Waals surface area contributed by atoms with Gasteiger partial charge in [0.05, 0.1) is 0 Å². The Morgan fingerprint density at radius 1 is 0.800 bits per heavy atom. The van der Waals surface area contributed by atoms with Gasteiger partial charge in [0.2, 0.25) is 0 Å². The third-order valence-corrected chi connectivity index (χ3v) is 0.892. The van der Waals surface area contributed by atoms with Gasteiger partial charge in [-0.15, -0.1) is 0 Å². The Labute approximate surface area is 99.7 Å². The summed E-state index contributed by atoms with van der Waals surface area (Å²) in [4.78, 5) is 39.8. The Hall–Kier alpha value is -1.09. The average molecular weight is 257 g/mol. The van der Waals surface area contributed by atoms with E-state index in [2.05, 4.69) is 13.8 Å². The van der Waals surface area contributed by atoms with Crippen LogP contribution in [0.15, 0.2) is 0 Å². The van der Waals surface area contributed by atoms with Crippen molar-refractivity contribution in [3.05, 3.63) is 13.8 Å². The quantitative estimate of drug-likeness (QED) is 0.423. The molecular weight excluding hydrogens is 243 g/mol. The van der Waals surface area contributed by atoms with E-state index >= 15 is 0 Å². The van der Waals surface area contributed by atoms with Crippen LogP contribution in [0.2, 0.25) is 0 Å². The fourth-order valence-corrected chi connectivity index (χ4v) is 0.555. The van der Waals surface area contributed by atoms with Crippen LogP contribution < -0.4 is 0 Å². The molecule has 0 aromatic carbocycles. The van der Waals surface area contributed by atoms with Crippen molar-refractivity contribution < 1.29 is 35.7 Å². The maximum atomic E-state index is 9.99. The van der Waals surface area contributed by atoms with Crippen LogP contribution in [0.1, 0.15) is 26.7 Å². The Balaban J connectivity index is -0.000000180. The summed E-state index contributed by atoms with van der Waals surface area (Å²) in [6.45, 7) is 8.77. The Morgan fingerprint density at radius 3 is 1.00 bits per heavy atom. The average Bonchev–Trinajstić information content (AvgIpc) is 1.79. The molecule has 0 fully saturated rings. The maximum absolute atomic E-state index is 9.99. The molecule has 0 aliphatic heterocycles. The second-order valence-electron chi connectivity index (χ2n) is 2.83.